The number of carbonyl (C=O) groups excluding carboxylic acids is 1. The predicted octanol–water partition coefficient (Wildman–Crippen LogP) is 1.79. The summed E-state index contributed by atoms with van der Waals surface area (Å²) in [4.78, 5) is 17.1. The maximum atomic E-state index is 11.7. The average molecular weight is 313 g/mol. The van der Waals surface area contributed by atoms with E-state index in [-0.39, 0.29) is 12.0 Å². The standard InChI is InChI=1S/C13H17BrN2O2/c14-12-4-2-1-3-10(12)9-13(17)16-18-11-5-7-15-8-6-11/h1-4,11,15H,5-9H2,(H,16,17). The molecular formula is C13H17BrN2O2. The van der Waals surface area contributed by atoms with Crippen LogP contribution in [0.5, 0.6) is 0 Å². The van der Waals surface area contributed by atoms with Crippen molar-refractivity contribution in [3.05, 3.63) is 34.3 Å². The number of halogens is 1. The molecule has 1 heterocycles. The van der Waals surface area contributed by atoms with Gasteiger partial charge in [0.15, 0.2) is 0 Å². The molecule has 1 aliphatic heterocycles. The first-order chi connectivity index (χ1) is 8.75. The second-order valence-corrected chi connectivity index (χ2v) is 5.21. The molecule has 18 heavy (non-hydrogen) atoms. The quantitative estimate of drug-likeness (QED) is 0.833. The summed E-state index contributed by atoms with van der Waals surface area (Å²) in [6.07, 6.45) is 2.34. The van der Waals surface area contributed by atoms with Crippen LogP contribution < -0.4 is 10.8 Å². The molecule has 1 fully saturated rings. The molecule has 0 radical (unpaired) electrons. The smallest absolute Gasteiger partial charge is 0.248 e. The predicted molar refractivity (Wildman–Crippen MR) is 73.0 cm³/mol. The van der Waals surface area contributed by atoms with E-state index in [2.05, 4.69) is 26.7 Å². The normalized spacial score (nSPS) is 16.5. The summed E-state index contributed by atoms with van der Waals surface area (Å²) in [6, 6.07) is 7.70. The maximum absolute atomic E-state index is 11.7. The first-order valence-corrected chi connectivity index (χ1v) is 6.93. The largest absolute Gasteiger partial charge is 0.317 e. The number of amides is 1. The third-order valence-electron chi connectivity index (χ3n) is 2.93. The zero-order valence-electron chi connectivity index (χ0n) is 10.1. The highest BCUT2D eigenvalue weighted by Crippen LogP contribution is 2.16. The second kappa shape index (κ2) is 6.87. The lowest BCUT2D eigenvalue weighted by Gasteiger charge is -2.22. The molecule has 1 amide bonds. The third-order valence-corrected chi connectivity index (χ3v) is 3.71. The van der Waals surface area contributed by atoms with Crippen LogP contribution in [0.4, 0.5) is 0 Å². The van der Waals surface area contributed by atoms with Crippen molar-refractivity contribution in [1.82, 2.24) is 10.8 Å². The number of hydrogen-bond donors (Lipinski definition) is 2. The number of hydrogen-bond acceptors (Lipinski definition) is 3. The molecule has 0 aromatic heterocycles. The molecule has 0 spiro atoms. The highest BCUT2D eigenvalue weighted by Gasteiger charge is 2.15. The van der Waals surface area contributed by atoms with Crippen molar-refractivity contribution < 1.29 is 9.63 Å². The number of rotatable bonds is 4. The van der Waals surface area contributed by atoms with Crippen LogP contribution in [0.25, 0.3) is 0 Å². The van der Waals surface area contributed by atoms with Crippen molar-refractivity contribution in [2.75, 3.05) is 13.1 Å². The van der Waals surface area contributed by atoms with Gasteiger partial charge in [-0.15, -0.1) is 0 Å². The van der Waals surface area contributed by atoms with Crippen LogP contribution in [0.1, 0.15) is 18.4 Å². The summed E-state index contributed by atoms with van der Waals surface area (Å²) in [7, 11) is 0. The number of benzene rings is 1. The fraction of sp³-hybridized carbons (Fsp3) is 0.462. The summed E-state index contributed by atoms with van der Waals surface area (Å²) in [5, 5.41) is 3.25. The van der Waals surface area contributed by atoms with Gasteiger partial charge in [-0.2, -0.15) is 0 Å². The van der Waals surface area contributed by atoms with Crippen molar-refractivity contribution in [3.8, 4) is 0 Å². The number of hydroxylamine groups is 1. The minimum Gasteiger partial charge on any atom is -0.317 e. The van der Waals surface area contributed by atoms with Crippen molar-refractivity contribution in [3.63, 3.8) is 0 Å². The topological polar surface area (TPSA) is 50.4 Å². The van der Waals surface area contributed by atoms with Gasteiger partial charge < -0.3 is 5.32 Å². The van der Waals surface area contributed by atoms with Gasteiger partial charge in [0, 0.05) is 4.47 Å². The van der Waals surface area contributed by atoms with Gasteiger partial charge in [0.1, 0.15) is 0 Å². The summed E-state index contributed by atoms with van der Waals surface area (Å²) in [6.45, 7) is 1.90. The molecular weight excluding hydrogens is 296 g/mol. The van der Waals surface area contributed by atoms with Gasteiger partial charge in [0.2, 0.25) is 5.91 Å². The summed E-state index contributed by atoms with van der Waals surface area (Å²) >= 11 is 3.42. The van der Waals surface area contributed by atoms with Crippen LogP contribution in [0.3, 0.4) is 0 Å². The molecule has 98 valence electrons. The number of carbonyl (C=O) groups is 1. The van der Waals surface area contributed by atoms with Gasteiger partial charge in [-0.1, -0.05) is 34.1 Å². The van der Waals surface area contributed by atoms with Crippen LogP contribution in [0.2, 0.25) is 0 Å². The molecule has 2 N–H and O–H groups in total. The average Bonchev–Trinajstić information content (AvgIpc) is 2.40. The monoisotopic (exact) mass is 312 g/mol. The molecule has 0 unspecified atom stereocenters. The Bertz CT molecular complexity index is 406. The number of piperidine rings is 1. The van der Waals surface area contributed by atoms with E-state index in [1.54, 1.807) is 0 Å². The van der Waals surface area contributed by atoms with E-state index < -0.39 is 0 Å². The van der Waals surface area contributed by atoms with Crippen LogP contribution in [0, 0.1) is 0 Å². The third kappa shape index (κ3) is 4.08. The molecule has 1 aromatic rings. The molecule has 1 saturated heterocycles. The highest BCUT2D eigenvalue weighted by atomic mass is 79.9. The van der Waals surface area contributed by atoms with Gasteiger partial charge in [-0.25, -0.2) is 5.48 Å². The highest BCUT2D eigenvalue weighted by molar-refractivity contribution is 9.10. The van der Waals surface area contributed by atoms with Crippen LogP contribution in [-0.4, -0.2) is 25.1 Å². The lowest BCUT2D eigenvalue weighted by molar-refractivity contribution is -0.139. The van der Waals surface area contributed by atoms with E-state index >= 15 is 0 Å². The van der Waals surface area contributed by atoms with Crippen molar-refractivity contribution in [1.29, 1.82) is 0 Å². The first-order valence-electron chi connectivity index (χ1n) is 6.14. The van der Waals surface area contributed by atoms with E-state index in [9.17, 15) is 4.79 Å². The Labute approximate surface area is 115 Å². The molecule has 5 heteroatoms. The van der Waals surface area contributed by atoms with Gasteiger partial charge in [0.25, 0.3) is 0 Å². The Morgan fingerprint density at radius 1 is 1.39 bits per heavy atom. The minimum atomic E-state index is -0.111. The molecule has 0 bridgehead atoms. The summed E-state index contributed by atoms with van der Waals surface area (Å²) in [5.74, 6) is -0.111. The van der Waals surface area contributed by atoms with E-state index in [0.717, 1.165) is 36.0 Å². The van der Waals surface area contributed by atoms with E-state index in [0.29, 0.717) is 6.42 Å². The first kappa shape index (κ1) is 13.5. The van der Waals surface area contributed by atoms with E-state index in [1.807, 2.05) is 24.3 Å². The van der Waals surface area contributed by atoms with Crippen molar-refractivity contribution in [2.45, 2.75) is 25.4 Å². The summed E-state index contributed by atoms with van der Waals surface area (Å²) in [5.41, 5.74) is 3.50. The SMILES string of the molecule is O=C(Cc1ccccc1Br)NOC1CCNCC1. The van der Waals surface area contributed by atoms with Gasteiger partial charge in [-0.3, -0.25) is 9.63 Å². The maximum Gasteiger partial charge on any atom is 0.248 e. The molecule has 0 aliphatic carbocycles. The molecule has 0 saturated carbocycles. The van der Waals surface area contributed by atoms with E-state index in [1.165, 1.54) is 0 Å². The van der Waals surface area contributed by atoms with Gasteiger partial charge >= 0.3 is 0 Å². The molecule has 1 aromatic carbocycles. The Morgan fingerprint density at radius 2 is 2.11 bits per heavy atom. The Balaban J connectivity index is 1.76. The van der Waals surface area contributed by atoms with Crippen molar-refractivity contribution >= 4 is 21.8 Å². The fourth-order valence-corrected chi connectivity index (χ4v) is 2.34. The molecule has 4 nitrogen and oxygen atoms in total. The van der Waals surface area contributed by atoms with Crippen LogP contribution >= 0.6 is 15.9 Å². The number of nitrogens with one attached hydrogen (secondary N) is 2. The summed E-state index contributed by atoms with van der Waals surface area (Å²) < 4.78 is 0.946. The Hall–Kier alpha value is -0.910. The lowest BCUT2D eigenvalue weighted by Crippen LogP contribution is -2.38. The van der Waals surface area contributed by atoms with Crippen LogP contribution in [-0.2, 0) is 16.1 Å². The minimum absolute atomic E-state index is 0.111. The fourth-order valence-electron chi connectivity index (χ4n) is 1.91. The molecule has 0 atom stereocenters. The Morgan fingerprint density at radius 3 is 2.83 bits per heavy atom. The van der Waals surface area contributed by atoms with Crippen LogP contribution in [0.15, 0.2) is 28.7 Å². The lowest BCUT2D eigenvalue weighted by atomic mass is 10.1. The van der Waals surface area contributed by atoms with Gasteiger partial charge in [-0.05, 0) is 37.6 Å². The zero-order valence-corrected chi connectivity index (χ0v) is 11.7. The van der Waals surface area contributed by atoms with E-state index in [4.69, 9.17) is 4.84 Å². The molecule has 1 aliphatic rings. The van der Waals surface area contributed by atoms with Gasteiger partial charge in [0.05, 0.1) is 12.5 Å². The Kier molecular flexibility index (Phi) is 5.16. The second-order valence-electron chi connectivity index (χ2n) is 4.36. The molecule has 2 rings (SSSR count). The van der Waals surface area contributed by atoms with Crippen molar-refractivity contribution in [2.24, 2.45) is 0 Å². The zero-order chi connectivity index (χ0) is 12.8.